The van der Waals surface area contributed by atoms with E-state index in [4.69, 9.17) is 0 Å². The van der Waals surface area contributed by atoms with Crippen LogP contribution in [0.1, 0.15) is 45.1 Å². The molecule has 1 saturated carbocycles. The molecule has 2 aliphatic rings. The molecule has 5 heteroatoms. The number of hydrogen-bond donors (Lipinski definition) is 1. The molecule has 23 heavy (non-hydrogen) atoms. The zero-order valence-electron chi connectivity index (χ0n) is 14.2. The number of likely N-dealkylation sites (tertiary alicyclic amines) is 1. The lowest BCUT2D eigenvalue weighted by atomic mass is 10.0. The Labute approximate surface area is 140 Å². The molecule has 4 nitrogen and oxygen atoms in total. The van der Waals surface area contributed by atoms with Crippen LogP contribution in [0.2, 0.25) is 0 Å². The summed E-state index contributed by atoms with van der Waals surface area (Å²) in [5, 5.41) is 0. The second-order valence-corrected chi connectivity index (χ2v) is 9.12. The van der Waals surface area contributed by atoms with Crippen molar-refractivity contribution in [1.29, 1.82) is 0 Å². The van der Waals surface area contributed by atoms with Crippen LogP contribution >= 0.6 is 0 Å². The molecule has 0 unspecified atom stereocenters. The van der Waals surface area contributed by atoms with Crippen molar-refractivity contribution in [2.45, 2.75) is 62.9 Å². The van der Waals surface area contributed by atoms with E-state index < -0.39 is 10.0 Å². The van der Waals surface area contributed by atoms with Crippen molar-refractivity contribution in [2.75, 3.05) is 13.1 Å². The average molecular weight is 337 g/mol. The monoisotopic (exact) mass is 336 g/mol. The number of hydrogen-bond acceptors (Lipinski definition) is 3. The van der Waals surface area contributed by atoms with Gasteiger partial charge in [-0.2, -0.15) is 0 Å². The normalized spacial score (nSPS) is 21.0. The predicted octanol–water partition coefficient (Wildman–Crippen LogP) is 2.79. The third-order valence-electron chi connectivity index (χ3n) is 4.79. The first kappa shape index (κ1) is 16.9. The Kier molecular flexibility index (Phi) is 5.09. The van der Waals surface area contributed by atoms with Gasteiger partial charge in [0.2, 0.25) is 10.0 Å². The van der Waals surface area contributed by atoms with Crippen LogP contribution in [0.25, 0.3) is 0 Å². The Balaban J connectivity index is 1.58. The number of piperidine rings is 1. The lowest BCUT2D eigenvalue weighted by molar-refractivity contribution is 0.199. The maximum Gasteiger partial charge on any atom is 0.240 e. The first-order chi connectivity index (χ1) is 10.9. The molecule has 3 rings (SSSR count). The van der Waals surface area contributed by atoms with Gasteiger partial charge in [0.05, 0.1) is 4.90 Å². The number of sulfonamides is 1. The Hall–Kier alpha value is -0.910. The quantitative estimate of drug-likeness (QED) is 0.869. The molecule has 1 aliphatic heterocycles. The Morgan fingerprint density at radius 2 is 1.70 bits per heavy atom. The van der Waals surface area contributed by atoms with Crippen molar-refractivity contribution < 1.29 is 8.42 Å². The van der Waals surface area contributed by atoms with E-state index in [0.717, 1.165) is 38.4 Å². The third-order valence-corrected chi connectivity index (χ3v) is 6.33. The van der Waals surface area contributed by atoms with Crippen LogP contribution in [-0.4, -0.2) is 38.5 Å². The van der Waals surface area contributed by atoms with Gasteiger partial charge in [0, 0.05) is 12.1 Å². The minimum Gasteiger partial charge on any atom is -0.300 e. The molecule has 0 amide bonds. The molecule has 2 fully saturated rings. The summed E-state index contributed by atoms with van der Waals surface area (Å²) in [5.41, 5.74) is 1.19. The van der Waals surface area contributed by atoms with Crippen LogP contribution in [0.15, 0.2) is 29.2 Å². The lowest BCUT2D eigenvalue weighted by Gasteiger charge is -2.32. The second-order valence-electron chi connectivity index (χ2n) is 7.40. The van der Waals surface area contributed by atoms with E-state index in [9.17, 15) is 8.42 Å². The first-order valence-corrected chi connectivity index (χ1v) is 10.3. The van der Waals surface area contributed by atoms with Gasteiger partial charge < -0.3 is 4.90 Å². The fourth-order valence-corrected chi connectivity index (χ4v) is 4.69. The van der Waals surface area contributed by atoms with Gasteiger partial charge in [0.1, 0.15) is 0 Å². The van der Waals surface area contributed by atoms with Crippen molar-refractivity contribution in [3.8, 4) is 0 Å². The van der Waals surface area contributed by atoms with E-state index in [1.54, 1.807) is 12.1 Å². The molecule has 0 spiro atoms. The van der Waals surface area contributed by atoms with Crippen LogP contribution in [0.4, 0.5) is 0 Å². The molecule has 128 valence electrons. The summed E-state index contributed by atoms with van der Waals surface area (Å²) in [4.78, 5) is 2.89. The minimum atomic E-state index is -3.40. The van der Waals surface area contributed by atoms with Crippen molar-refractivity contribution in [3.63, 3.8) is 0 Å². The fraction of sp³-hybridized carbons (Fsp3) is 0.667. The summed E-state index contributed by atoms with van der Waals surface area (Å²) in [6.07, 6.45) is 5.45. The van der Waals surface area contributed by atoms with E-state index >= 15 is 0 Å². The van der Waals surface area contributed by atoms with Crippen LogP contribution in [0.3, 0.4) is 0 Å². The minimum absolute atomic E-state index is 0.0744. The van der Waals surface area contributed by atoms with Gasteiger partial charge in [-0.25, -0.2) is 13.1 Å². The molecule has 1 aromatic rings. The molecule has 1 N–H and O–H groups in total. The van der Waals surface area contributed by atoms with E-state index in [2.05, 4.69) is 23.5 Å². The van der Waals surface area contributed by atoms with Crippen LogP contribution in [0, 0.1) is 5.92 Å². The Morgan fingerprint density at radius 3 is 2.22 bits per heavy atom. The van der Waals surface area contributed by atoms with E-state index in [-0.39, 0.29) is 6.04 Å². The largest absolute Gasteiger partial charge is 0.300 e. The Bertz CT molecular complexity index is 613. The summed E-state index contributed by atoms with van der Waals surface area (Å²) in [7, 11) is -3.40. The molecule has 1 saturated heterocycles. The Morgan fingerprint density at radius 1 is 1.09 bits per heavy atom. The summed E-state index contributed by atoms with van der Waals surface area (Å²) >= 11 is 0. The van der Waals surface area contributed by atoms with E-state index in [1.165, 1.54) is 18.4 Å². The van der Waals surface area contributed by atoms with Crippen LogP contribution in [-0.2, 0) is 16.4 Å². The molecular weight excluding hydrogens is 308 g/mol. The highest BCUT2D eigenvalue weighted by Crippen LogP contribution is 2.29. The van der Waals surface area contributed by atoms with Crippen molar-refractivity contribution in [2.24, 2.45) is 5.92 Å². The molecule has 1 aromatic carbocycles. The molecule has 1 heterocycles. The van der Waals surface area contributed by atoms with Crippen LogP contribution < -0.4 is 4.72 Å². The van der Waals surface area contributed by atoms with Crippen molar-refractivity contribution in [3.05, 3.63) is 29.8 Å². The van der Waals surface area contributed by atoms with Gasteiger partial charge in [0.15, 0.2) is 0 Å². The highest BCUT2D eigenvalue weighted by atomic mass is 32.2. The lowest BCUT2D eigenvalue weighted by Crippen LogP contribution is -2.45. The highest BCUT2D eigenvalue weighted by molar-refractivity contribution is 7.89. The van der Waals surface area contributed by atoms with E-state index in [0.29, 0.717) is 10.8 Å². The summed E-state index contributed by atoms with van der Waals surface area (Å²) in [6, 6.07) is 8.19. The number of nitrogens with zero attached hydrogens (tertiary/aromatic N) is 1. The SMILES string of the molecule is CC(C)Cc1ccc(S(=O)(=O)NC2CCN(C3CC3)CC2)cc1. The number of benzene rings is 1. The number of rotatable bonds is 6. The standard InChI is InChI=1S/C18H28N2O2S/c1-14(2)13-15-3-7-18(8-4-15)23(21,22)19-16-9-11-20(12-10-16)17-5-6-17/h3-4,7-8,14,16-17,19H,5-6,9-13H2,1-2H3. The maximum absolute atomic E-state index is 12.5. The maximum atomic E-state index is 12.5. The molecule has 1 aliphatic carbocycles. The van der Waals surface area contributed by atoms with Gasteiger partial charge in [-0.15, -0.1) is 0 Å². The fourth-order valence-electron chi connectivity index (χ4n) is 3.39. The highest BCUT2D eigenvalue weighted by Gasteiger charge is 2.32. The van der Waals surface area contributed by atoms with Gasteiger partial charge in [-0.3, -0.25) is 0 Å². The molecule has 0 aromatic heterocycles. The second kappa shape index (κ2) is 6.91. The van der Waals surface area contributed by atoms with Crippen molar-refractivity contribution in [1.82, 2.24) is 9.62 Å². The zero-order chi connectivity index (χ0) is 16.4. The average Bonchev–Trinajstić information content (AvgIpc) is 3.32. The van der Waals surface area contributed by atoms with Gasteiger partial charge in [-0.1, -0.05) is 26.0 Å². The van der Waals surface area contributed by atoms with Gasteiger partial charge in [-0.05, 0) is 68.8 Å². The molecule has 0 radical (unpaired) electrons. The van der Waals surface area contributed by atoms with Gasteiger partial charge >= 0.3 is 0 Å². The van der Waals surface area contributed by atoms with Gasteiger partial charge in [0.25, 0.3) is 0 Å². The first-order valence-electron chi connectivity index (χ1n) is 8.79. The smallest absolute Gasteiger partial charge is 0.240 e. The van der Waals surface area contributed by atoms with Crippen molar-refractivity contribution >= 4 is 10.0 Å². The zero-order valence-corrected chi connectivity index (χ0v) is 15.0. The summed E-state index contributed by atoms with van der Waals surface area (Å²) < 4.78 is 28.0. The molecular formula is C18H28N2O2S. The van der Waals surface area contributed by atoms with Crippen LogP contribution in [0.5, 0.6) is 0 Å². The number of nitrogens with one attached hydrogen (secondary N) is 1. The molecule has 0 atom stereocenters. The third kappa shape index (κ3) is 4.55. The molecule has 0 bridgehead atoms. The predicted molar refractivity (Wildman–Crippen MR) is 92.9 cm³/mol. The topological polar surface area (TPSA) is 49.4 Å². The van der Waals surface area contributed by atoms with E-state index in [1.807, 2.05) is 12.1 Å². The summed E-state index contributed by atoms with van der Waals surface area (Å²) in [6.45, 7) is 6.37. The summed E-state index contributed by atoms with van der Waals surface area (Å²) in [5.74, 6) is 0.576.